The molecule has 1 aliphatic carbocycles. The van der Waals surface area contributed by atoms with E-state index in [1.807, 2.05) is 32.9 Å². The van der Waals surface area contributed by atoms with Crippen molar-refractivity contribution in [3.05, 3.63) is 29.3 Å². The molecule has 1 aromatic rings. The highest BCUT2D eigenvalue weighted by molar-refractivity contribution is 5.81. The van der Waals surface area contributed by atoms with Crippen molar-refractivity contribution in [1.29, 1.82) is 0 Å². The third kappa shape index (κ3) is 4.76. The molecule has 1 aliphatic rings. The summed E-state index contributed by atoms with van der Waals surface area (Å²) in [6, 6.07) is 6.42. The largest absolute Gasteiger partial charge is 0.481 e. The summed E-state index contributed by atoms with van der Waals surface area (Å²) in [5.74, 6) is 0.821. The molecular weight excluding hydrogens is 262 g/mol. The molecule has 1 saturated carbocycles. The van der Waals surface area contributed by atoms with Crippen LogP contribution in [0, 0.1) is 13.8 Å². The fourth-order valence-corrected chi connectivity index (χ4v) is 3.03. The predicted octanol–water partition coefficient (Wildman–Crippen LogP) is 3.91. The van der Waals surface area contributed by atoms with Crippen LogP contribution < -0.4 is 10.1 Å². The fraction of sp³-hybridized carbons (Fsp3) is 0.611. The first-order valence-corrected chi connectivity index (χ1v) is 8.14. The number of benzene rings is 1. The molecule has 1 N–H and O–H groups in total. The molecule has 21 heavy (non-hydrogen) atoms. The summed E-state index contributed by atoms with van der Waals surface area (Å²) in [7, 11) is 0. The Morgan fingerprint density at radius 3 is 2.38 bits per heavy atom. The van der Waals surface area contributed by atoms with Crippen LogP contribution in [0.1, 0.15) is 56.6 Å². The lowest BCUT2D eigenvalue weighted by molar-refractivity contribution is -0.129. The van der Waals surface area contributed by atoms with E-state index in [9.17, 15) is 4.79 Å². The Bertz CT molecular complexity index is 458. The van der Waals surface area contributed by atoms with E-state index < -0.39 is 6.10 Å². The minimum atomic E-state index is -0.395. The van der Waals surface area contributed by atoms with E-state index in [1.54, 1.807) is 0 Å². The van der Waals surface area contributed by atoms with E-state index in [1.165, 1.54) is 19.3 Å². The second-order valence-corrected chi connectivity index (χ2v) is 6.18. The molecule has 3 heteroatoms. The van der Waals surface area contributed by atoms with Gasteiger partial charge in [-0.15, -0.1) is 0 Å². The molecular formula is C18H27NO2. The second-order valence-electron chi connectivity index (χ2n) is 6.18. The van der Waals surface area contributed by atoms with Crippen LogP contribution >= 0.6 is 0 Å². The molecule has 1 aromatic carbocycles. The molecule has 3 nitrogen and oxygen atoms in total. The molecule has 0 saturated heterocycles. The monoisotopic (exact) mass is 289 g/mol. The molecule has 1 fully saturated rings. The van der Waals surface area contributed by atoms with Gasteiger partial charge in [-0.05, 0) is 56.4 Å². The van der Waals surface area contributed by atoms with Crippen LogP contribution in [0.2, 0.25) is 0 Å². The van der Waals surface area contributed by atoms with Crippen molar-refractivity contribution in [1.82, 2.24) is 5.32 Å². The highest BCUT2D eigenvalue weighted by Crippen LogP contribution is 2.20. The van der Waals surface area contributed by atoms with Gasteiger partial charge in [0.15, 0.2) is 6.10 Å². The number of carbonyl (C=O) groups excluding carboxylic acids is 1. The molecule has 2 rings (SSSR count). The average molecular weight is 289 g/mol. The molecule has 116 valence electrons. The van der Waals surface area contributed by atoms with Gasteiger partial charge in [0.1, 0.15) is 5.75 Å². The highest BCUT2D eigenvalue weighted by atomic mass is 16.5. The molecule has 1 atom stereocenters. The zero-order chi connectivity index (χ0) is 15.2. The first-order valence-electron chi connectivity index (χ1n) is 8.14. The van der Waals surface area contributed by atoms with Gasteiger partial charge in [0.2, 0.25) is 0 Å². The maximum Gasteiger partial charge on any atom is 0.261 e. The van der Waals surface area contributed by atoms with Crippen molar-refractivity contribution in [3.63, 3.8) is 0 Å². The number of aryl methyl sites for hydroxylation is 2. The Morgan fingerprint density at radius 1 is 1.19 bits per heavy atom. The quantitative estimate of drug-likeness (QED) is 0.892. The predicted molar refractivity (Wildman–Crippen MR) is 85.6 cm³/mol. The Kier molecular flexibility index (Phi) is 5.66. The van der Waals surface area contributed by atoms with E-state index >= 15 is 0 Å². The molecule has 0 radical (unpaired) electrons. The van der Waals surface area contributed by atoms with Crippen LogP contribution in [0.15, 0.2) is 18.2 Å². The fourth-order valence-electron chi connectivity index (χ4n) is 3.03. The maximum absolute atomic E-state index is 12.4. The zero-order valence-corrected chi connectivity index (χ0v) is 13.4. The molecule has 0 heterocycles. The number of carbonyl (C=O) groups is 1. The molecule has 0 bridgehead atoms. The van der Waals surface area contributed by atoms with E-state index in [0.717, 1.165) is 29.7 Å². The number of nitrogens with one attached hydrogen (secondary N) is 1. The SMILES string of the molecule is CCC(Oc1cc(C)cc(C)c1)C(=O)NC1CCCCC1. The van der Waals surface area contributed by atoms with Crippen molar-refractivity contribution < 1.29 is 9.53 Å². The van der Waals surface area contributed by atoms with Gasteiger partial charge in [0.25, 0.3) is 5.91 Å². The van der Waals surface area contributed by atoms with Gasteiger partial charge in [0, 0.05) is 6.04 Å². The van der Waals surface area contributed by atoms with Crippen LogP contribution in [0.4, 0.5) is 0 Å². The van der Waals surface area contributed by atoms with E-state index in [4.69, 9.17) is 4.74 Å². The van der Waals surface area contributed by atoms with E-state index in [0.29, 0.717) is 12.5 Å². The van der Waals surface area contributed by atoms with E-state index in [2.05, 4.69) is 11.4 Å². The van der Waals surface area contributed by atoms with Gasteiger partial charge in [-0.25, -0.2) is 0 Å². The number of hydrogen-bond acceptors (Lipinski definition) is 2. The van der Waals surface area contributed by atoms with Gasteiger partial charge in [-0.1, -0.05) is 32.3 Å². The summed E-state index contributed by atoms with van der Waals surface area (Å²) in [5, 5.41) is 3.16. The topological polar surface area (TPSA) is 38.3 Å². The van der Waals surface area contributed by atoms with Crippen molar-refractivity contribution in [3.8, 4) is 5.75 Å². The summed E-state index contributed by atoms with van der Waals surface area (Å²) < 4.78 is 5.92. The summed E-state index contributed by atoms with van der Waals surface area (Å²) in [6.45, 7) is 6.08. The average Bonchev–Trinajstić information content (AvgIpc) is 2.44. The van der Waals surface area contributed by atoms with E-state index in [-0.39, 0.29) is 5.91 Å². The highest BCUT2D eigenvalue weighted by Gasteiger charge is 2.22. The van der Waals surface area contributed by atoms with Gasteiger partial charge in [-0.2, -0.15) is 0 Å². The molecule has 1 amide bonds. The Hall–Kier alpha value is -1.51. The normalized spacial score (nSPS) is 17.3. The van der Waals surface area contributed by atoms with Crippen molar-refractivity contribution in [2.75, 3.05) is 0 Å². The third-order valence-corrected chi connectivity index (χ3v) is 4.09. The lowest BCUT2D eigenvalue weighted by Crippen LogP contribution is -2.44. The van der Waals surface area contributed by atoms with Crippen LogP contribution in [-0.4, -0.2) is 18.1 Å². The summed E-state index contributed by atoms with van der Waals surface area (Å²) in [6.07, 6.45) is 6.23. The summed E-state index contributed by atoms with van der Waals surface area (Å²) in [4.78, 5) is 12.4. The second kappa shape index (κ2) is 7.48. The summed E-state index contributed by atoms with van der Waals surface area (Å²) >= 11 is 0. The van der Waals surface area contributed by atoms with Crippen LogP contribution in [-0.2, 0) is 4.79 Å². The van der Waals surface area contributed by atoms with Gasteiger partial charge >= 0.3 is 0 Å². The van der Waals surface area contributed by atoms with Crippen LogP contribution in [0.3, 0.4) is 0 Å². The van der Waals surface area contributed by atoms with Gasteiger partial charge in [0.05, 0.1) is 0 Å². The minimum Gasteiger partial charge on any atom is -0.481 e. The Labute approximate surface area is 128 Å². The lowest BCUT2D eigenvalue weighted by atomic mass is 9.95. The first-order chi connectivity index (χ1) is 10.1. The maximum atomic E-state index is 12.4. The smallest absolute Gasteiger partial charge is 0.261 e. The standard InChI is InChI=1S/C18H27NO2/c1-4-17(18(20)19-15-8-6-5-7-9-15)21-16-11-13(2)10-14(3)12-16/h10-12,15,17H,4-9H2,1-3H3,(H,19,20). The minimum absolute atomic E-state index is 0.0311. The number of hydrogen-bond donors (Lipinski definition) is 1. The van der Waals surface area contributed by atoms with Crippen molar-refractivity contribution >= 4 is 5.91 Å². The number of rotatable bonds is 5. The molecule has 0 aliphatic heterocycles. The lowest BCUT2D eigenvalue weighted by Gasteiger charge is -2.25. The zero-order valence-electron chi connectivity index (χ0n) is 13.4. The van der Waals surface area contributed by atoms with Crippen molar-refractivity contribution in [2.24, 2.45) is 0 Å². The third-order valence-electron chi connectivity index (χ3n) is 4.09. The molecule has 0 spiro atoms. The molecule has 0 aromatic heterocycles. The number of amides is 1. The van der Waals surface area contributed by atoms with Crippen molar-refractivity contribution in [2.45, 2.75) is 71.4 Å². The van der Waals surface area contributed by atoms with Crippen LogP contribution in [0.25, 0.3) is 0 Å². The van der Waals surface area contributed by atoms with Crippen LogP contribution in [0.5, 0.6) is 5.75 Å². The Morgan fingerprint density at radius 2 is 1.81 bits per heavy atom. The first kappa shape index (κ1) is 15.9. The van der Waals surface area contributed by atoms with Gasteiger partial charge < -0.3 is 10.1 Å². The molecule has 1 unspecified atom stereocenters. The Balaban J connectivity index is 1.96. The van der Waals surface area contributed by atoms with Gasteiger partial charge in [-0.3, -0.25) is 4.79 Å². The number of ether oxygens (including phenoxy) is 1. The summed E-state index contributed by atoms with van der Waals surface area (Å²) in [5.41, 5.74) is 2.32.